The summed E-state index contributed by atoms with van der Waals surface area (Å²) in [7, 11) is 1.58. The molecule has 0 aliphatic heterocycles. The monoisotopic (exact) mass is 327 g/mol. The van der Waals surface area contributed by atoms with Crippen LogP contribution in [0.3, 0.4) is 0 Å². The van der Waals surface area contributed by atoms with Crippen LogP contribution in [-0.2, 0) is 6.54 Å². The first-order valence-corrected chi connectivity index (χ1v) is 8.14. The lowest BCUT2D eigenvalue weighted by Crippen LogP contribution is -2.27. The maximum absolute atomic E-state index is 12.1. The summed E-state index contributed by atoms with van der Waals surface area (Å²) in [6.45, 7) is 1.14. The molecule has 2 heterocycles. The molecule has 2 aromatic heterocycles. The van der Waals surface area contributed by atoms with E-state index in [9.17, 15) is 4.79 Å². The van der Waals surface area contributed by atoms with Crippen molar-refractivity contribution < 1.29 is 9.53 Å². The van der Waals surface area contributed by atoms with Crippen LogP contribution in [-0.4, -0.2) is 29.3 Å². The van der Waals surface area contributed by atoms with Gasteiger partial charge < -0.3 is 10.1 Å². The van der Waals surface area contributed by atoms with Crippen molar-refractivity contribution in [3.63, 3.8) is 0 Å². The first kappa shape index (κ1) is 15.3. The molecule has 23 heavy (non-hydrogen) atoms. The third-order valence-corrected chi connectivity index (χ3v) is 4.27. The minimum atomic E-state index is -0.116. The Bertz CT molecular complexity index is 781. The summed E-state index contributed by atoms with van der Waals surface area (Å²) < 4.78 is 6.96. The largest absolute Gasteiger partial charge is 0.497 e. The van der Waals surface area contributed by atoms with Crippen LogP contribution in [0, 0.1) is 0 Å². The predicted octanol–water partition coefficient (Wildman–Crippen LogP) is 3.05. The average Bonchev–Trinajstić information content (AvgIpc) is 3.26. The molecule has 3 rings (SSSR count). The molecule has 118 valence electrons. The smallest absolute Gasteiger partial charge is 0.251 e. The number of thiophene rings is 1. The first-order chi connectivity index (χ1) is 11.3. The number of hydrogen-bond acceptors (Lipinski definition) is 4. The van der Waals surface area contributed by atoms with Gasteiger partial charge in [0.15, 0.2) is 0 Å². The summed E-state index contributed by atoms with van der Waals surface area (Å²) >= 11 is 1.66. The van der Waals surface area contributed by atoms with Gasteiger partial charge in [0.1, 0.15) is 11.4 Å². The predicted molar refractivity (Wildman–Crippen MR) is 90.9 cm³/mol. The highest BCUT2D eigenvalue weighted by Crippen LogP contribution is 2.22. The number of nitrogens with zero attached hydrogens (tertiary/aromatic N) is 2. The van der Waals surface area contributed by atoms with Crippen LogP contribution in [0.15, 0.2) is 54.0 Å². The third kappa shape index (κ3) is 3.78. The van der Waals surface area contributed by atoms with Gasteiger partial charge in [-0.1, -0.05) is 12.1 Å². The zero-order valence-corrected chi connectivity index (χ0v) is 13.5. The highest BCUT2D eigenvalue weighted by Gasteiger charge is 2.07. The Hall–Kier alpha value is -2.60. The second kappa shape index (κ2) is 7.11. The van der Waals surface area contributed by atoms with Crippen LogP contribution in [0.25, 0.3) is 10.6 Å². The normalized spacial score (nSPS) is 10.5. The molecule has 0 bridgehead atoms. The summed E-state index contributed by atoms with van der Waals surface area (Å²) in [5.74, 6) is 0.555. The molecule has 0 atom stereocenters. The van der Waals surface area contributed by atoms with E-state index in [0.29, 0.717) is 24.4 Å². The Kier molecular flexibility index (Phi) is 4.73. The fourth-order valence-corrected chi connectivity index (χ4v) is 2.88. The number of nitrogens with one attached hydrogen (secondary N) is 1. The maximum Gasteiger partial charge on any atom is 0.251 e. The average molecular weight is 327 g/mol. The number of aromatic nitrogens is 2. The summed E-state index contributed by atoms with van der Waals surface area (Å²) in [4.78, 5) is 13.2. The van der Waals surface area contributed by atoms with E-state index in [1.54, 1.807) is 36.6 Å². The SMILES string of the molecule is COc1cccc(C(=O)NCCn2ccc(-c3cccs3)n2)c1. The Balaban J connectivity index is 1.54. The number of hydrogen-bond donors (Lipinski definition) is 1. The molecule has 0 fully saturated rings. The van der Waals surface area contributed by atoms with E-state index in [2.05, 4.69) is 10.4 Å². The van der Waals surface area contributed by atoms with E-state index >= 15 is 0 Å². The van der Waals surface area contributed by atoms with Crippen LogP contribution in [0.5, 0.6) is 5.75 Å². The molecule has 1 aromatic carbocycles. The van der Waals surface area contributed by atoms with E-state index in [1.807, 2.05) is 40.5 Å². The van der Waals surface area contributed by atoms with Gasteiger partial charge in [-0.25, -0.2) is 0 Å². The standard InChI is InChI=1S/C17H17N3O2S/c1-22-14-5-2-4-13(12-14)17(21)18-8-10-20-9-7-15(19-20)16-6-3-11-23-16/h2-7,9,11-12H,8,10H2,1H3,(H,18,21). The molecule has 0 aliphatic rings. The van der Waals surface area contributed by atoms with Crippen molar-refractivity contribution >= 4 is 17.2 Å². The van der Waals surface area contributed by atoms with E-state index in [1.165, 1.54) is 0 Å². The molecule has 1 N–H and O–H groups in total. The fourth-order valence-electron chi connectivity index (χ4n) is 2.19. The fraction of sp³-hybridized carbons (Fsp3) is 0.176. The second-order valence-electron chi connectivity index (χ2n) is 4.93. The van der Waals surface area contributed by atoms with Crippen LogP contribution >= 0.6 is 11.3 Å². The van der Waals surface area contributed by atoms with Crippen molar-refractivity contribution in [3.05, 3.63) is 59.6 Å². The van der Waals surface area contributed by atoms with Crippen molar-refractivity contribution in [1.29, 1.82) is 0 Å². The molecule has 0 aliphatic carbocycles. The van der Waals surface area contributed by atoms with E-state index in [-0.39, 0.29) is 5.91 Å². The van der Waals surface area contributed by atoms with Gasteiger partial charge in [0, 0.05) is 18.3 Å². The summed E-state index contributed by atoms with van der Waals surface area (Å²) in [5, 5.41) is 9.43. The number of rotatable bonds is 6. The molecule has 0 saturated heterocycles. The second-order valence-corrected chi connectivity index (χ2v) is 5.88. The van der Waals surface area contributed by atoms with Crippen molar-refractivity contribution in [1.82, 2.24) is 15.1 Å². The lowest BCUT2D eigenvalue weighted by Gasteiger charge is -2.07. The van der Waals surface area contributed by atoms with Gasteiger partial charge in [-0.15, -0.1) is 11.3 Å². The van der Waals surface area contributed by atoms with Crippen molar-refractivity contribution in [3.8, 4) is 16.3 Å². The van der Waals surface area contributed by atoms with Gasteiger partial charge >= 0.3 is 0 Å². The summed E-state index contributed by atoms with van der Waals surface area (Å²) in [6, 6.07) is 13.1. The van der Waals surface area contributed by atoms with Crippen LogP contribution in [0.2, 0.25) is 0 Å². The number of carbonyl (C=O) groups is 1. The molecule has 0 saturated carbocycles. The third-order valence-electron chi connectivity index (χ3n) is 3.37. The highest BCUT2D eigenvalue weighted by molar-refractivity contribution is 7.13. The quantitative estimate of drug-likeness (QED) is 0.757. The molecule has 0 unspecified atom stereocenters. The lowest BCUT2D eigenvalue weighted by molar-refractivity contribution is 0.0951. The highest BCUT2D eigenvalue weighted by atomic mass is 32.1. The van der Waals surface area contributed by atoms with Gasteiger partial charge in [-0.2, -0.15) is 5.10 Å². The summed E-state index contributed by atoms with van der Waals surface area (Å²) in [6.07, 6.45) is 1.92. The van der Waals surface area contributed by atoms with Gasteiger partial charge in [-0.3, -0.25) is 9.48 Å². The molecule has 0 radical (unpaired) electrons. The molecule has 0 spiro atoms. The van der Waals surface area contributed by atoms with Gasteiger partial charge in [0.05, 0.1) is 18.5 Å². The Morgan fingerprint density at radius 1 is 1.30 bits per heavy atom. The molecule has 5 nitrogen and oxygen atoms in total. The maximum atomic E-state index is 12.1. The van der Waals surface area contributed by atoms with E-state index < -0.39 is 0 Å². The number of amides is 1. The zero-order chi connectivity index (χ0) is 16.1. The van der Waals surface area contributed by atoms with Crippen molar-refractivity contribution in [2.24, 2.45) is 0 Å². The first-order valence-electron chi connectivity index (χ1n) is 7.26. The zero-order valence-electron chi connectivity index (χ0n) is 12.7. The Morgan fingerprint density at radius 3 is 3.00 bits per heavy atom. The molecule has 3 aromatic rings. The van der Waals surface area contributed by atoms with Crippen LogP contribution < -0.4 is 10.1 Å². The van der Waals surface area contributed by atoms with Gasteiger partial charge in [0.2, 0.25) is 0 Å². The minimum Gasteiger partial charge on any atom is -0.497 e. The molecule has 1 amide bonds. The summed E-state index contributed by atoms with van der Waals surface area (Å²) in [5.41, 5.74) is 1.54. The van der Waals surface area contributed by atoms with E-state index in [4.69, 9.17) is 4.74 Å². The number of benzene rings is 1. The van der Waals surface area contributed by atoms with Gasteiger partial charge in [-0.05, 0) is 35.7 Å². The minimum absolute atomic E-state index is 0.116. The molecular weight excluding hydrogens is 310 g/mol. The van der Waals surface area contributed by atoms with Crippen molar-refractivity contribution in [2.45, 2.75) is 6.54 Å². The topological polar surface area (TPSA) is 56.1 Å². The van der Waals surface area contributed by atoms with E-state index in [0.717, 1.165) is 10.6 Å². The Labute approximate surface area is 138 Å². The lowest BCUT2D eigenvalue weighted by atomic mass is 10.2. The van der Waals surface area contributed by atoms with Gasteiger partial charge in [0.25, 0.3) is 5.91 Å². The number of carbonyl (C=O) groups excluding carboxylic acids is 1. The Morgan fingerprint density at radius 2 is 2.22 bits per heavy atom. The number of ether oxygens (including phenoxy) is 1. The molecular formula is C17H17N3O2S. The van der Waals surface area contributed by atoms with Crippen LogP contribution in [0.1, 0.15) is 10.4 Å². The van der Waals surface area contributed by atoms with Crippen molar-refractivity contribution in [2.75, 3.05) is 13.7 Å². The number of methoxy groups -OCH3 is 1. The molecule has 6 heteroatoms. The van der Waals surface area contributed by atoms with Crippen LogP contribution in [0.4, 0.5) is 0 Å².